The number of benzene rings is 1. The summed E-state index contributed by atoms with van der Waals surface area (Å²) in [5.41, 5.74) is 6.62. The van der Waals surface area contributed by atoms with E-state index in [0.717, 1.165) is 0 Å². The van der Waals surface area contributed by atoms with E-state index < -0.39 is 10.0 Å². The van der Waals surface area contributed by atoms with E-state index in [1.165, 1.54) is 24.3 Å². The van der Waals surface area contributed by atoms with Crippen LogP contribution in [0.25, 0.3) is 0 Å². The molecule has 1 aromatic carbocycles. The smallest absolute Gasteiger partial charge is 0.264 e. The highest BCUT2D eigenvalue weighted by Crippen LogP contribution is 2.24. The van der Waals surface area contributed by atoms with Gasteiger partial charge in [0.15, 0.2) is 0 Å². The first-order valence-electron chi connectivity index (χ1n) is 5.37. The number of halogens is 2. The molecule has 0 bridgehead atoms. The number of nitrogens with zero attached hydrogens (tertiary/aromatic N) is 2. The number of sulfonamides is 1. The summed E-state index contributed by atoms with van der Waals surface area (Å²) in [6, 6.07) is 5.80. The summed E-state index contributed by atoms with van der Waals surface area (Å²) >= 11 is 8.94. The van der Waals surface area contributed by atoms with Gasteiger partial charge in [-0.15, -0.1) is 0 Å². The zero-order valence-corrected chi connectivity index (χ0v) is 13.4. The molecule has 6 nitrogen and oxygen atoms in total. The Morgan fingerprint density at radius 2 is 2.00 bits per heavy atom. The van der Waals surface area contributed by atoms with Crippen LogP contribution in [0.15, 0.2) is 33.6 Å². The number of aryl methyl sites for hydroxylation is 1. The van der Waals surface area contributed by atoms with Crippen LogP contribution >= 0.6 is 27.5 Å². The van der Waals surface area contributed by atoms with Gasteiger partial charge in [-0.25, -0.2) is 23.1 Å². The first-order valence-corrected chi connectivity index (χ1v) is 8.02. The van der Waals surface area contributed by atoms with Crippen molar-refractivity contribution in [2.75, 3.05) is 10.5 Å². The second kappa shape index (κ2) is 5.55. The molecule has 0 aliphatic heterocycles. The van der Waals surface area contributed by atoms with Crippen molar-refractivity contribution in [3.05, 3.63) is 39.6 Å². The topological polar surface area (TPSA) is 98.0 Å². The van der Waals surface area contributed by atoms with Gasteiger partial charge in [-0.2, -0.15) is 0 Å². The molecule has 0 fully saturated rings. The normalized spacial score (nSPS) is 11.3. The number of nitrogens with two attached hydrogens (primary N) is 1. The quantitative estimate of drug-likeness (QED) is 0.633. The maximum Gasteiger partial charge on any atom is 0.264 e. The van der Waals surface area contributed by atoms with E-state index in [0.29, 0.717) is 15.9 Å². The third kappa shape index (κ3) is 3.38. The third-order valence-electron chi connectivity index (χ3n) is 2.33. The summed E-state index contributed by atoms with van der Waals surface area (Å²) in [7, 11) is -3.81. The molecule has 0 amide bonds. The summed E-state index contributed by atoms with van der Waals surface area (Å²) < 4.78 is 27.1. The van der Waals surface area contributed by atoms with Crippen LogP contribution in [0.1, 0.15) is 5.69 Å². The van der Waals surface area contributed by atoms with Gasteiger partial charge in [-0.05, 0) is 47.1 Å². The number of hydrogen-bond acceptors (Lipinski definition) is 5. The Morgan fingerprint density at radius 1 is 1.30 bits per heavy atom. The minimum absolute atomic E-state index is 0.0415. The predicted molar refractivity (Wildman–Crippen MR) is 81.1 cm³/mol. The zero-order valence-electron chi connectivity index (χ0n) is 10.3. The van der Waals surface area contributed by atoms with Gasteiger partial charge in [0.25, 0.3) is 10.0 Å². The number of anilines is 2. The van der Waals surface area contributed by atoms with Crippen LogP contribution in [-0.4, -0.2) is 18.4 Å². The lowest BCUT2D eigenvalue weighted by Crippen LogP contribution is -2.15. The fourth-order valence-corrected chi connectivity index (χ4v) is 3.17. The minimum atomic E-state index is -3.81. The van der Waals surface area contributed by atoms with Crippen LogP contribution in [0.2, 0.25) is 5.15 Å². The highest BCUT2D eigenvalue weighted by molar-refractivity contribution is 9.10. The lowest BCUT2D eigenvalue weighted by atomic mass is 10.3. The Hall–Kier alpha value is -1.38. The van der Waals surface area contributed by atoms with E-state index in [1.54, 1.807) is 6.92 Å². The second-order valence-electron chi connectivity index (χ2n) is 3.94. The standard InChI is InChI=1S/C11H10BrClN4O2S/c1-6-4-10(13)16-11(15-6)17-20(18,19)7-2-3-9(14)8(12)5-7/h2-5H,14H2,1H3,(H,15,16,17). The fraction of sp³-hybridized carbons (Fsp3) is 0.0909. The predicted octanol–water partition coefficient (Wildman–Crippen LogP) is 2.58. The van der Waals surface area contributed by atoms with Crippen LogP contribution in [0.4, 0.5) is 11.6 Å². The first-order chi connectivity index (χ1) is 9.28. The van der Waals surface area contributed by atoms with Gasteiger partial charge in [-0.1, -0.05) is 11.6 Å². The molecule has 0 atom stereocenters. The summed E-state index contributed by atoms with van der Waals surface area (Å²) in [5, 5.41) is 0.161. The van der Waals surface area contributed by atoms with Crippen molar-refractivity contribution in [2.45, 2.75) is 11.8 Å². The van der Waals surface area contributed by atoms with E-state index >= 15 is 0 Å². The van der Waals surface area contributed by atoms with Crippen LogP contribution in [0.3, 0.4) is 0 Å². The third-order valence-corrected chi connectivity index (χ3v) is 4.54. The van der Waals surface area contributed by atoms with Crippen LogP contribution in [0.5, 0.6) is 0 Å². The molecule has 3 N–H and O–H groups in total. The lowest BCUT2D eigenvalue weighted by molar-refractivity contribution is 0.600. The fourth-order valence-electron chi connectivity index (χ4n) is 1.43. The van der Waals surface area contributed by atoms with Crippen LogP contribution in [-0.2, 0) is 10.0 Å². The van der Waals surface area contributed by atoms with Crippen LogP contribution in [0, 0.1) is 6.92 Å². The van der Waals surface area contributed by atoms with Gasteiger partial charge < -0.3 is 5.73 Å². The molecule has 20 heavy (non-hydrogen) atoms. The van der Waals surface area contributed by atoms with Crippen molar-refractivity contribution in [1.82, 2.24) is 9.97 Å². The Labute approximate surface area is 129 Å². The maximum absolute atomic E-state index is 12.2. The molecule has 0 radical (unpaired) electrons. The van der Waals surface area contributed by atoms with Crippen molar-refractivity contribution in [2.24, 2.45) is 0 Å². The molecule has 0 saturated carbocycles. The summed E-state index contributed by atoms with van der Waals surface area (Å²) in [6.07, 6.45) is 0. The average molecular weight is 378 g/mol. The van der Waals surface area contributed by atoms with Crippen molar-refractivity contribution < 1.29 is 8.42 Å². The van der Waals surface area contributed by atoms with Gasteiger partial charge in [0.05, 0.1) is 4.90 Å². The molecule has 2 rings (SSSR count). The molecule has 1 aromatic heterocycles. The van der Waals surface area contributed by atoms with Gasteiger partial charge in [0.1, 0.15) is 5.15 Å². The molecule has 106 valence electrons. The molecule has 0 saturated heterocycles. The minimum Gasteiger partial charge on any atom is -0.398 e. The highest BCUT2D eigenvalue weighted by atomic mass is 79.9. The van der Waals surface area contributed by atoms with Gasteiger partial charge in [0, 0.05) is 15.9 Å². The largest absolute Gasteiger partial charge is 0.398 e. The lowest BCUT2D eigenvalue weighted by Gasteiger charge is -2.08. The van der Waals surface area contributed by atoms with E-state index in [4.69, 9.17) is 17.3 Å². The Kier molecular flexibility index (Phi) is 4.17. The molecule has 0 aliphatic carbocycles. The molecule has 0 aliphatic rings. The zero-order chi connectivity index (χ0) is 14.9. The van der Waals surface area contributed by atoms with Crippen molar-refractivity contribution in [3.63, 3.8) is 0 Å². The molecule has 0 unspecified atom stereocenters. The molecule has 0 spiro atoms. The molecule has 9 heteroatoms. The van der Waals surface area contributed by atoms with Crippen molar-refractivity contribution in [3.8, 4) is 0 Å². The van der Waals surface area contributed by atoms with Gasteiger partial charge in [0.2, 0.25) is 5.95 Å². The van der Waals surface area contributed by atoms with E-state index in [2.05, 4.69) is 30.6 Å². The number of hydrogen-bond donors (Lipinski definition) is 2. The Morgan fingerprint density at radius 3 is 2.60 bits per heavy atom. The van der Waals surface area contributed by atoms with E-state index in [9.17, 15) is 8.42 Å². The van der Waals surface area contributed by atoms with Crippen molar-refractivity contribution in [1.29, 1.82) is 0 Å². The van der Waals surface area contributed by atoms with Crippen LogP contribution < -0.4 is 10.5 Å². The first kappa shape index (κ1) is 15.0. The van der Waals surface area contributed by atoms with Gasteiger partial charge in [-0.3, -0.25) is 0 Å². The monoisotopic (exact) mass is 376 g/mol. The van der Waals surface area contributed by atoms with E-state index in [1.807, 2.05) is 0 Å². The molecule has 1 heterocycles. The average Bonchev–Trinajstić information content (AvgIpc) is 2.30. The number of nitrogens with one attached hydrogen (secondary N) is 1. The number of aromatic nitrogens is 2. The highest BCUT2D eigenvalue weighted by Gasteiger charge is 2.17. The SMILES string of the molecule is Cc1cc(Cl)nc(NS(=O)(=O)c2ccc(N)c(Br)c2)n1. The number of rotatable bonds is 3. The Bertz CT molecular complexity index is 747. The van der Waals surface area contributed by atoms with Gasteiger partial charge >= 0.3 is 0 Å². The Balaban J connectivity index is 2.37. The van der Waals surface area contributed by atoms with Crippen molar-refractivity contribution >= 4 is 49.2 Å². The molecule has 2 aromatic rings. The second-order valence-corrected chi connectivity index (χ2v) is 6.87. The number of nitrogen functional groups attached to an aromatic ring is 1. The maximum atomic E-state index is 12.2. The van der Waals surface area contributed by atoms with E-state index in [-0.39, 0.29) is 16.0 Å². The molecular weight excluding hydrogens is 368 g/mol. The summed E-state index contributed by atoms with van der Waals surface area (Å²) in [5.74, 6) is -0.0806. The summed E-state index contributed by atoms with van der Waals surface area (Å²) in [4.78, 5) is 7.82. The molecular formula is C11H10BrClN4O2S. The summed E-state index contributed by atoms with van der Waals surface area (Å²) in [6.45, 7) is 1.69.